The number of allylic oxidation sites excluding steroid dienone is 1. The molecule has 0 aliphatic heterocycles. The minimum absolute atomic E-state index is 0.000988. The van der Waals surface area contributed by atoms with Crippen LogP contribution in [-0.4, -0.2) is 10.9 Å². The zero-order chi connectivity index (χ0) is 12.5. The molecule has 0 saturated carbocycles. The van der Waals surface area contributed by atoms with Crippen LogP contribution >= 0.6 is 0 Å². The van der Waals surface area contributed by atoms with Crippen molar-refractivity contribution in [3.63, 3.8) is 0 Å². The average Bonchev–Trinajstić information content (AvgIpc) is 2.33. The van der Waals surface area contributed by atoms with E-state index in [0.29, 0.717) is 12.0 Å². The molecule has 1 unspecified atom stereocenters. The molecule has 0 saturated heterocycles. The topological polar surface area (TPSA) is 37.3 Å². The molecule has 0 amide bonds. The lowest BCUT2D eigenvalue weighted by Gasteiger charge is -2.28. The summed E-state index contributed by atoms with van der Waals surface area (Å²) >= 11 is 0. The highest BCUT2D eigenvalue weighted by atomic mass is 16.3. The fraction of sp³-hybridized carbons (Fsp3) is 0.400. The third-order valence-corrected chi connectivity index (χ3v) is 3.27. The summed E-state index contributed by atoms with van der Waals surface area (Å²) in [5, 5.41) is 10.3. The smallest absolute Gasteiger partial charge is 0.161 e. The van der Waals surface area contributed by atoms with Crippen molar-refractivity contribution in [1.82, 2.24) is 0 Å². The van der Waals surface area contributed by atoms with E-state index in [9.17, 15) is 9.90 Å². The standard InChI is InChI=1S/C15H18O2/c1-15(2)9-8-13(16)12(10-15)14(17)11-6-4-3-5-7-11/h3-7,10,14,17H,8-9H2,1-2H3. The fourth-order valence-corrected chi connectivity index (χ4v) is 2.20. The van der Waals surface area contributed by atoms with Gasteiger partial charge in [-0.3, -0.25) is 4.79 Å². The number of hydrogen-bond donors (Lipinski definition) is 1. The van der Waals surface area contributed by atoms with Gasteiger partial charge in [0.15, 0.2) is 5.78 Å². The zero-order valence-electron chi connectivity index (χ0n) is 10.3. The summed E-state index contributed by atoms with van der Waals surface area (Å²) in [5.74, 6) is 0.0701. The van der Waals surface area contributed by atoms with Crippen LogP contribution in [0.25, 0.3) is 0 Å². The molecule has 17 heavy (non-hydrogen) atoms. The average molecular weight is 230 g/mol. The lowest BCUT2D eigenvalue weighted by Crippen LogP contribution is -2.23. The second kappa shape index (κ2) is 4.46. The summed E-state index contributed by atoms with van der Waals surface area (Å²) in [4.78, 5) is 11.9. The summed E-state index contributed by atoms with van der Waals surface area (Å²) in [6, 6.07) is 9.34. The molecule has 1 aliphatic carbocycles. The van der Waals surface area contributed by atoms with Gasteiger partial charge in [-0.2, -0.15) is 0 Å². The van der Waals surface area contributed by atoms with Crippen LogP contribution in [0.5, 0.6) is 0 Å². The first-order chi connectivity index (χ1) is 7.99. The Balaban J connectivity index is 2.33. The van der Waals surface area contributed by atoms with Gasteiger partial charge in [0.05, 0.1) is 0 Å². The van der Waals surface area contributed by atoms with Gasteiger partial charge in [0.1, 0.15) is 6.10 Å². The summed E-state index contributed by atoms with van der Waals surface area (Å²) in [6.07, 6.45) is 2.53. The van der Waals surface area contributed by atoms with Gasteiger partial charge in [-0.25, -0.2) is 0 Å². The molecular weight excluding hydrogens is 212 g/mol. The Morgan fingerprint density at radius 3 is 2.53 bits per heavy atom. The maximum atomic E-state index is 11.9. The highest BCUT2D eigenvalue weighted by Gasteiger charge is 2.29. The van der Waals surface area contributed by atoms with Gasteiger partial charge in [-0.05, 0) is 17.4 Å². The maximum absolute atomic E-state index is 11.9. The predicted molar refractivity (Wildman–Crippen MR) is 67.5 cm³/mol. The summed E-state index contributed by atoms with van der Waals surface area (Å²) < 4.78 is 0. The van der Waals surface area contributed by atoms with E-state index >= 15 is 0 Å². The Labute approximate surface area is 102 Å². The van der Waals surface area contributed by atoms with Crippen LogP contribution in [0.1, 0.15) is 38.4 Å². The maximum Gasteiger partial charge on any atom is 0.161 e. The Morgan fingerprint density at radius 1 is 1.24 bits per heavy atom. The van der Waals surface area contributed by atoms with E-state index in [4.69, 9.17) is 0 Å². The number of benzene rings is 1. The molecule has 2 rings (SSSR count). The Kier molecular flexibility index (Phi) is 3.16. The van der Waals surface area contributed by atoms with E-state index in [1.165, 1.54) is 0 Å². The van der Waals surface area contributed by atoms with Crippen molar-refractivity contribution in [3.05, 3.63) is 47.5 Å². The first-order valence-corrected chi connectivity index (χ1v) is 5.98. The summed E-state index contributed by atoms with van der Waals surface area (Å²) in [6.45, 7) is 4.19. The molecule has 0 aromatic heterocycles. The van der Waals surface area contributed by atoms with Gasteiger partial charge in [0.2, 0.25) is 0 Å². The fourth-order valence-electron chi connectivity index (χ4n) is 2.20. The Hall–Kier alpha value is -1.41. The van der Waals surface area contributed by atoms with Crippen molar-refractivity contribution in [1.29, 1.82) is 0 Å². The lowest BCUT2D eigenvalue weighted by molar-refractivity contribution is -0.117. The van der Waals surface area contributed by atoms with Crippen molar-refractivity contribution in [2.24, 2.45) is 5.41 Å². The largest absolute Gasteiger partial charge is 0.384 e. The Bertz CT molecular complexity index is 443. The third-order valence-electron chi connectivity index (χ3n) is 3.27. The van der Waals surface area contributed by atoms with Gasteiger partial charge in [0.25, 0.3) is 0 Å². The van der Waals surface area contributed by atoms with E-state index < -0.39 is 6.10 Å². The van der Waals surface area contributed by atoms with Gasteiger partial charge in [-0.15, -0.1) is 0 Å². The molecule has 0 heterocycles. The van der Waals surface area contributed by atoms with Crippen LogP contribution in [0.4, 0.5) is 0 Å². The number of carbonyl (C=O) groups is 1. The van der Waals surface area contributed by atoms with E-state index in [1.54, 1.807) is 0 Å². The quantitative estimate of drug-likeness (QED) is 0.848. The SMILES string of the molecule is CC1(C)C=C(C(O)c2ccccc2)C(=O)CC1. The molecule has 0 bridgehead atoms. The molecule has 0 fully saturated rings. The highest BCUT2D eigenvalue weighted by molar-refractivity contribution is 5.97. The molecule has 1 atom stereocenters. The molecular formula is C15H18O2. The molecule has 1 aromatic carbocycles. The summed E-state index contributed by atoms with van der Waals surface area (Å²) in [5.41, 5.74) is 1.33. The number of aliphatic hydroxyl groups excluding tert-OH is 1. The lowest BCUT2D eigenvalue weighted by atomic mass is 9.77. The predicted octanol–water partition coefficient (Wildman–Crippen LogP) is 3.04. The van der Waals surface area contributed by atoms with Crippen molar-refractivity contribution < 1.29 is 9.90 Å². The Morgan fingerprint density at radius 2 is 1.88 bits per heavy atom. The van der Waals surface area contributed by atoms with E-state index in [2.05, 4.69) is 13.8 Å². The van der Waals surface area contributed by atoms with Crippen LogP contribution < -0.4 is 0 Å². The van der Waals surface area contributed by atoms with Crippen LogP contribution in [-0.2, 0) is 4.79 Å². The monoisotopic (exact) mass is 230 g/mol. The first kappa shape index (κ1) is 12.1. The number of hydrogen-bond acceptors (Lipinski definition) is 2. The van der Waals surface area contributed by atoms with Crippen molar-refractivity contribution in [2.45, 2.75) is 32.8 Å². The van der Waals surface area contributed by atoms with Crippen molar-refractivity contribution in [3.8, 4) is 0 Å². The van der Waals surface area contributed by atoms with Crippen LogP contribution in [0, 0.1) is 5.41 Å². The molecule has 1 aliphatic rings. The number of Topliss-reactive ketones (excluding diaryl/α,β-unsaturated/α-hetero) is 1. The zero-order valence-corrected chi connectivity index (χ0v) is 10.3. The van der Waals surface area contributed by atoms with E-state index in [0.717, 1.165) is 12.0 Å². The molecule has 0 radical (unpaired) electrons. The van der Waals surface area contributed by atoms with Crippen molar-refractivity contribution in [2.75, 3.05) is 0 Å². The third kappa shape index (κ3) is 2.64. The highest BCUT2D eigenvalue weighted by Crippen LogP contribution is 2.36. The van der Waals surface area contributed by atoms with Crippen LogP contribution in [0.15, 0.2) is 42.0 Å². The minimum Gasteiger partial charge on any atom is -0.384 e. The molecule has 1 aromatic rings. The second-order valence-electron chi connectivity index (χ2n) is 5.32. The molecule has 1 N–H and O–H groups in total. The van der Waals surface area contributed by atoms with Gasteiger partial charge in [-0.1, -0.05) is 50.3 Å². The van der Waals surface area contributed by atoms with Crippen LogP contribution in [0.2, 0.25) is 0 Å². The first-order valence-electron chi connectivity index (χ1n) is 5.98. The van der Waals surface area contributed by atoms with Gasteiger partial charge < -0.3 is 5.11 Å². The van der Waals surface area contributed by atoms with Crippen molar-refractivity contribution >= 4 is 5.78 Å². The number of aliphatic hydroxyl groups is 1. The molecule has 2 heteroatoms. The van der Waals surface area contributed by atoms with Gasteiger partial charge in [0, 0.05) is 12.0 Å². The number of ketones is 1. The normalized spacial score (nSPS) is 20.9. The van der Waals surface area contributed by atoms with E-state index in [1.807, 2.05) is 36.4 Å². The number of carbonyl (C=O) groups excluding carboxylic acids is 1. The number of rotatable bonds is 2. The van der Waals surface area contributed by atoms with E-state index in [-0.39, 0.29) is 11.2 Å². The van der Waals surface area contributed by atoms with Gasteiger partial charge >= 0.3 is 0 Å². The summed E-state index contributed by atoms with van der Waals surface area (Å²) in [7, 11) is 0. The molecule has 90 valence electrons. The second-order valence-corrected chi connectivity index (χ2v) is 5.32. The van der Waals surface area contributed by atoms with Crippen LogP contribution in [0.3, 0.4) is 0 Å². The minimum atomic E-state index is -0.789. The molecule has 2 nitrogen and oxygen atoms in total. The molecule has 0 spiro atoms.